The van der Waals surface area contributed by atoms with Gasteiger partial charge in [0.2, 0.25) is 0 Å². The summed E-state index contributed by atoms with van der Waals surface area (Å²) in [5.74, 6) is -0.199. The summed E-state index contributed by atoms with van der Waals surface area (Å²) in [6, 6.07) is 7.43. The average Bonchev–Trinajstić information content (AvgIpc) is 3.21. The smallest absolute Gasteiger partial charge is 0.338 e. The maximum Gasteiger partial charge on any atom is 0.338 e. The fourth-order valence-electron chi connectivity index (χ4n) is 2.88. The first-order valence-electron chi connectivity index (χ1n) is 7.11. The van der Waals surface area contributed by atoms with Crippen molar-refractivity contribution in [2.45, 2.75) is 17.5 Å². The number of esters is 1. The monoisotopic (exact) mass is 310 g/mol. The molecule has 4 aliphatic rings. The van der Waals surface area contributed by atoms with E-state index in [0.717, 1.165) is 5.56 Å². The number of hydrogen-bond donors (Lipinski definition) is 0. The van der Waals surface area contributed by atoms with Crippen LogP contribution in [0, 0.1) is 0 Å². The molecule has 0 radical (unpaired) electrons. The van der Waals surface area contributed by atoms with Gasteiger partial charge in [0.05, 0.1) is 11.8 Å². The molecule has 0 aromatic heterocycles. The third-order valence-electron chi connectivity index (χ3n) is 4.06. The third-order valence-corrected chi connectivity index (χ3v) is 5.33. The topological polar surface area (TPSA) is 35.5 Å². The molecule has 0 N–H and O–H groups in total. The zero-order valence-corrected chi connectivity index (χ0v) is 12.6. The minimum absolute atomic E-state index is 0.0781. The molecule has 3 aliphatic heterocycles. The highest BCUT2D eigenvalue weighted by molar-refractivity contribution is 8.04. The molecule has 5 rings (SSSR count). The van der Waals surface area contributed by atoms with Gasteiger partial charge in [-0.3, -0.25) is 0 Å². The molecule has 4 heteroatoms. The zero-order chi connectivity index (χ0) is 15.0. The number of hydrogen-bond acceptors (Lipinski definition) is 4. The molecular weight excluding hydrogens is 296 g/mol. The number of rotatable bonds is 0. The largest absolute Gasteiger partial charge is 0.491 e. The maximum absolute atomic E-state index is 10.8. The van der Waals surface area contributed by atoms with Gasteiger partial charge in [0.1, 0.15) is 17.5 Å². The Labute approximate surface area is 133 Å². The summed E-state index contributed by atoms with van der Waals surface area (Å²) in [4.78, 5) is 10.8. The molecule has 2 unspecified atom stereocenters. The second-order valence-corrected chi connectivity index (χ2v) is 6.50. The number of carbonyl (C=O) groups is 1. The van der Waals surface area contributed by atoms with Crippen LogP contribution in [-0.4, -0.2) is 16.8 Å². The van der Waals surface area contributed by atoms with E-state index >= 15 is 0 Å². The van der Waals surface area contributed by atoms with Crippen LogP contribution in [0.4, 0.5) is 0 Å². The predicted octanol–water partition coefficient (Wildman–Crippen LogP) is 3.75. The fraction of sp³-hybridized carbons (Fsp3) is 0.167. The molecule has 1 aromatic carbocycles. The van der Waals surface area contributed by atoms with Crippen LogP contribution in [0.15, 0.2) is 71.9 Å². The van der Waals surface area contributed by atoms with Crippen molar-refractivity contribution in [1.82, 2.24) is 0 Å². The first-order chi connectivity index (χ1) is 10.8. The highest BCUT2D eigenvalue weighted by Crippen LogP contribution is 2.50. The van der Waals surface area contributed by atoms with Crippen LogP contribution >= 0.6 is 11.8 Å². The van der Waals surface area contributed by atoms with Crippen molar-refractivity contribution in [3.05, 3.63) is 83.0 Å². The number of allylic oxidation sites excluding steroid dienone is 3. The Kier molecular flexibility index (Phi) is 3.19. The van der Waals surface area contributed by atoms with Crippen LogP contribution < -0.4 is 0 Å². The number of carbonyl (C=O) groups excluding carboxylic acids is 1. The van der Waals surface area contributed by atoms with E-state index < -0.39 is 0 Å². The summed E-state index contributed by atoms with van der Waals surface area (Å²) in [7, 11) is 0. The number of fused-ring (bicyclic) bond motifs is 1. The molecule has 0 saturated carbocycles. The van der Waals surface area contributed by atoms with Gasteiger partial charge in [0, 0.05) is 11.1 Å². The summed E-state index contributed by atoms with van der Waals surface area (Å²) in [5.41, 5.74) is 2.99. The Hall–Kier alpha value is -2.20. The Bertz CT molecular complexity index is 744. The molecular formula is C18H14O3S. The molecule has 1 aromatic rings. The third kappa shape index (κ3) is 2.03. The second-order valence-electron chi connectivity index (χ2n) is 5.32. The van der Waals surface area contributed by atoms with Crippen molar-refractivity contribution in [3.8, 4) is 0 Å². The van der Waals surface area contributed by atoms with Crippen molar-refractivity contribution in [2.24, 2.45) is 0 Å². The van der Waals surface area contributed by atoms with E-state index in [1.54, 1.807) is 6.07 Å². The lowest BCUT2D eigenvalue weighted by molar-refractivity contribution is 0.0535. The quantitative estimate of drug-likeness (QED) is 0.684. The number of benzene rings is 1. The van der Waals surface area contributed by atoms with E-state index in [1.807, 2.05) is 42.3 Å². The summed E-state index contributed by atoms with van der Waals surface area (Å²) < 4.78 is 10.4. The van der Waals surface area contributed by atoms with Gasteiger partial charge < -0.3 is 9.47 Å². The van der Waals surface area contributed by atoms with Crippen LogP contribution in [-0.2, 0) is 16.1 Å². The first-order valence-corrected chi connectivity index (χ1v) is 7.99. The molecule has 22 heavy (non-hydrogen) atoms. The van der Waals surface area contributed by atoms with E-state index in [2.05, 4.69) is 29.7 Å². The van der Waals surface area contributed by atoms with Gasteiger partial charge in [-0.1, -0.05) is 36.4 Å². The highest BCUT2D eigenvalue weighted by Gasteiger charge is 2.46. The predicted molar refractivity (Wildman–Crippen MR) is 86.3 cm³/mol. The van der Waals surface area contributed by atoms with Gasteiger partial charge in [-0.15, -0.1) is 11.8 Å². The number of cyclic esters (lactones) is 1. The standard InChI is InChI=1S/C10H8OS.C8H6O2/c1-2-5-10-8(4-6-12-10)7-11-9(10)3-1;9-8-7-4-2-1-3-6(7)5-10-8/h1-7,9H;1-4H,5H2. The van der Waals surface area contributed by atoms with E-state index in [0.29, 0.717) is 12.2 Å². The zero-order valence-electron chi connectivity index (χ0n) is 11.8. The minimum atomic E-state index is -0.199. The van der Waals surface area contributed by atoms with Crippen molar-refractivity contribution in [2.75, 3.05) is 0 Å². The Morgan fingerprint density at radius 2 is 2.14 bits per heavy atom. The SMILES string of the molecule is C1=CC2OC=C3C=CSC32C=C1.O=C1OCc2ccccc21. The van der Waals surface area contributed by atoms with Crippen molar-refractivity contribution in [3.63, 3.8) is 0 Å². The summed E-state index contributed by atoms with van der Waals surface area (Å²) in [5, 5.41) is 2.14. The van der Waals surface area contributed by atoms with Crippen LogP contribution in [0.5, 0.6) is 0 Å². The molecule has 0 fully saturated rings. The fourth-order valence-corrected chi connectivity index (χ4v) is 3.99. The average molecular weight is 310 g/mol. The van der Waals surface area contributed by atoms with Gasteiger partial charge in [-0.2, -0.15) is 0 Å². The van der Waals surface area contributed by atoms with Gasteiger partial charge in [-0.25, -0.2) is 4.79 Å². The van der Waals surface area contributed by atoms with Gasteiger partial charge in [-0.05, 0) is 23.6 Å². The van der Waals surface area contributed by atoms with Crippen LogP contribution in [0.3, 0.4) is 0 Å². The Morgan fingerprint density at radius 3 is 3.05 bits per heavy atom. The molecule has 3 heterocycles. The molecule has 1 spiro atoms. The second kappa shape index (κ2) is 5.21. The molecule has 3 nitrogen and oxygen atoms in total. The molecule has 0 bridgehead atoms. The van der Waals surface area contributed by atoms with E-state index in [9.17, 15) is 4.79 Å². The van der Waals surface area contributed by atoms with Crippen molar-refractivity contribution < 1.29 is 14.3 Å². The van der Waals surface area contributed by atoms with Crippen LogP contribution in [0.1, 0.15) is 15.9 Å². The maximum atomic E-state index is 10.8. The van der Waals surface area contributed by atoms with Crippen molar-refractivity contribution >= 4 is 17.7 Å². The molecule has 110 valence electrons. The first kappa shape index (κ1) is 13.5. The van der Waals surface area contributed by atoms with Gasteiger partial charge in [0.25, 0.3) is 0 Å². The van der Waals surface area contributed by atoms with Crippen molar-refractivity contribution in [1.29, 1.82) is 0 Å². The lowest BCUT2D eigenvalue weighted by atomic mass is 9.91. The molecule has 2 atom stereocenters. The Morgan fingerprint density at radius 1 is 1.23 bits per heavy atom. The normalized spacial score (nSPS) is 28.8. The highest BCUT2D eigenvalue weighted by atomic mass is 32.2. The molecule has 0 saturated heterocycles. The minimum Gasteiger partial charge on any atom is -0.491 e. The summed E-state index contributed by atoms with van der Waals surface area (Å²) in [6.45, 7) is 0.439. The van der Waals surface area contributed by atoms with E-state index in [1.165, 1.54) is 5.57 Å². The lowest BCUT2D eigenvalue weighted by Crippen LogP contribution is -2.33. The van der Waals surface area contributed by atoms with Crippen LogP contribution in [0.2, 0.25) is 0 Å². The lowest BCUT2D eigenvalue weighted by Gasteiger charge is -2.28. The van der Waals surface area contributed by atoms with Gasteiger partial charge in [0.15, 0.2) is 0 Å². The summed E-state index contributed by atoms with van der Waals surface area (Å²) >= 11 is 1.83. The van der Waals surface area contributed by atoms with E-state index in [-0.39, 0.29) is 16.8 Å². The van der Waals surface area contributed by atoms with E-state index in [4.69, 9.17) is 9.47 Å². The Balaban J connectivity index is 0.000000116. The molecule has 0 amide bonds. The molecule has 1 aliphatic carbocycles. The summed E-state index contributed by atoms with van der Waals surface area (Å²) in [6.07, 6.45) is 12.7. The number of thioether (sulfide) groups is 1. The van der Waals surface area contributed by atoms with Gasteiger partial charge >= 0.3 is 5.97 Å². The number of ether oxygens (including phenoxy) is 2. The van der Waals surface area contributed by atoms with Crippen LogP contribution in [0.25, 0.3) is 0 Å².